The van der Waals surface area contributed by atoms with Gasteiger partial charge in [-0.3, -0.25) is 5.10 Å². The van der Waals surface area contributed by atoms with E-state index in [1.807, 2.05) is 12.3 Å². The van der Waals surface area contributed by atoms with Crippen molar-refractivity contribution >= 4 is 0 Å². The van der Waals surface area contributed by atoms with Crippen molar-refractivity contribution < 1.29 is 0 Å². The summed E-state index contributed by atoms with van der Waals surface area (Å²) >= 11 is 0. The third kappa shape index (κ3) is 2.46. The maximum absolute atomic E-state index is 4.00. The number of hydrogen-bond acceptors (Lipinski definition) is 2. The molecule has 1 unspecified atom stereocenters. The summed E-state index contributed by atoms with van der Waals surface area (Å²) < 4.78 is 0. The monoisotopic (exact) mass is 221 g/mol. The van der Waals surface area contributed by atoms with Gasteiger partial charge in [0.05, 0.1) is 5.69 Å². The number of aromatic amines is 1. The summed E-state index contributed by atoms with van der Waals surface area (Å²) in [5.41, 5.74) is 1.75. The highest BCUT2D eigenvalue weighted by Crippen LogP contribution is 2.40. The summed E-state index contributed by atoms with van der Waals surface area (Å²) in [4.78, 5) is 0. The predicted octanol–water partition coefficient (Wildman–Crippen LogP) is 3.03. The number of rotatable bonds is 5. The first kappa shape index (κ1) is 11.6. The molecule has 1 saturated carbocycles. The Kier molecular flexibility index (Phi) is 3.64. The molecule has 0 radical (unpaired) electrons. The van der Waals surface area contributed by atoms with E-state index in [-0.39, 0.29) is 0 Å². The molecule has 0 aromatic carbocycles. The lowest BCUT2D eigenvalue weighted by molar-refractivity contribution is 0.258. The van der Waals surface area contributed by atoms with Gasteiger partial charge in [0.1, 0.15) is 0 Å². The predicted molar refractivity (Wildman–Crippen MR) is 66.2 cm³/mol. The van der Waals surface area contributed by atoms with E-state index in [2.05, 4.69) is 29.4 Å². The van der Waals surface area contributed by atoms with Crippen LogP contribution in [0.2, 0.25) is 0 Å². The molecule has 0 aliphatic heterocycles. The van der Waals surface area contributed by atoms with Crippen LogP contribution in [0.1, 0.15) is 57.7 Å². The fourth-order valence-corrected chi connectivity index (χ4v) is 2.77. The summed E-state index contributed by atoms with van der Waals surface area (Å²) in [5, 5.41) is 10.7. The average molecular weight is 221 g/mol. The van der Waals surface area contributed by atoms with Gasteiger partial charge in [-0.15, -0.1) is 0 Å². The molecule has 0 spiro atoms. The van der Waals surface area contributed by atoms with Crippen molar-refractivity contribution in [2.45, 2.75) is 52.0 Å². The Morgan fingerprint density at radius 3 is 2.81 bits per heavy atom. The van der Waals surface area contributed by atoms with Crippen molar-refractivity contribution in [1.82, 2.24) is 15.5 Å². The topological polar surface area (TPSA) is 40.7 Å². The second-order valence-corrected chi connectivity index (χ2v) is 5.18. The minimum absolute atomic E-state index is 0.381. The van der Waals surface area contributed by atoms with Gasteiger partial charge in [-0.2, -0.15) is 5.10 Å². The van der Waals surface area contributed by atoms with Crippen LogP contribution in [-0.2, 0) is 0 Å². The van der Waals surface area contributed by atoms with E-state index < -0.39 is 0 Å². The van der Waals surface area contributed by atoms with Gasteiger partial charge in [0.25, 0.3) is 0 Å². The molecule has 3 heteroatoms. The van der Waals surface area contributed by atoms with Crippen LogP contribution in [0.25, 0.3) is 0 Å². The van der Waals surface area contributed by atoms with Crippen LogP contribution in [-0.4, -0.2) is 16.7 Å². The molecule has 0 saturated heterocycles. The van der Waals surface area contributed by atoms with E-state index in [0.717, 1.165) is 6.54 Å². The van der Waals surface area contributed by atoms with E-state index in [0.29, 0.717) is 11.5 Å². The van der Waals surface area contributed by atoms with Gasteiger partial charge in [0, 0.05) is 18.8 Å². The van der Waals surface area contributed by atoms with E-state index in [9.17, 15) is 0 Å². The molecule has 1 aliphatic carbocycles. The van der Waals surface area contributed by atoms with Gasteiger partial charge in [0.2, 0.25) is 0 Å². The average Bonchev–Trinajstić information content (AvgIpc) is 2.98. The van der Waals surface area contributed by atoms with Gasteiger partial charge in [-0.05, 0) is 37.7 Å². The zero-order valence-corrected chi connectivity index (χ0v) is 10.4. The zero-order chi connectivity index (χ0) is 11.4. The number of nitrogens with zero attached hydrogens (tertiary/aromatic N) is 1. The molecular weight excluding hydrogens is 198 g/mol. The summed E-state index contributed by atoms with van der Waals surface area (Å²) in [7, 11) is 0. The summed E-state index contributed by atoms with van der Waals surface area (Å²) in [6.07, 6.45) is 8.73. The number of aromatic nitrogens is 2. The van der Waals surface area contributed by atoms with Crippen LogP contribution in [0.15, 0.2) is 12.3 Å². The third-order valence-corrected chi connectivity index (χ3v) is 4.19. The van der Waals surface area contributed by atoms with Crippen LogP contribution in [0.3, 0.4) is 0 Å². The Morgan fingerprint density at radius 2 is 2.25 bits per heavy atom. The highest BCUT2D eigenvalue weighted by molar-refractivity contribution is 5.03. The summed E-state index contributed by atoms with van der Waals surface area (Å²) in [6, 6.07) is 2.43. The lowest BCUT2D eigenvalue weighted by Gasteiger charge is -2.29. The molecule has 2 rings (SSSR count). The van der Waals surface area contributed by atoms with Crippen LogP contribution in [0, 0.1) is 5.41 Å². The maximum Gasteiger partial charge on any atom is 0.0518 e. The molecule has 1 aromatic heterocycles. The molecule has 1 aromatic rings. The van der Waals surface area contributed by atoms with Gasteiger partial charge in [-0.1, -0.05) is 19.8 Å². The standard InChI is InChI=1S/C13H23N3/c1-3-13(7-4-5-8-13)10-14-11(2)12-6-9-15-16-12/h6,9,11,14H,3-5,7-8,10H2,1-2H3,(H,15,16). The van der Waals surface area contributed by atoms with Crippen molar-refractivity contribution in [3.63, 3.8) is 0 Å². The largest absolute Gasteiger partial charge is 0.308 e. The minimum atomic E-state index is 0.381. The fourth-order valence-electron chi connectivity index (χ4n) is 2.77. The van der Waals surface area contributed by atoms with Crippen LogP contribution in [0.4, 0.5) is 0 Å². The van der Waals surface area contributed by atoms with E-state index >= 15 is 0 Å². The molecule has 2 N–H and O–H groups in total. The van der Waals surface area contributed by atoms with Crippen molar-refractivity contribution in [3.8, 4) is 0 Å². The lowest BCUT2D eigenvalue weighted by atomic mass is 9.83. The maximum atomic E-state index is 4.00. The van der Waals surface area contributed by atoms with Crippen molar-refractivity contribution in [3.05, 3.63) is 18.0 Å². The summed E-state index contributed by atoms with van der Waals surface area (Å²) in [6.45, 7) is 5.67. The SMILES string of the molecule is CCC1(CNC(C)c2ccn[nH]2)CCCC1. The molecule has 1 aliphatic rings. The van der Waals surface area contributed by atoms with Gasteiger partial charge >= 0.3 is 0 Å². The molecular formula is C13H23N3. The first-order chi connectivity index (χ1) is 7.76. The lowest BCUT2D eigenvalue weighted by Crippen LogP contribution is -2.33. The van der Waals surface area contributed by atoms with Crippen LogP contribution < -0.4 is 5.32 Å². The zero-order valence-electron chi connectivity index (χ0n) is 10.4. The molecule has 0 bridgehead atoms. The molecule has 90 valence electrons. The molecule has 1 heterocycles. The normalized spacial score (nSPS) is 21.1. The second kappa shape index (κ2) is 5.00. The third-order valence-electron chi connectivity index (χ3n) is 4.19. The summed E-state index contributed by atoms with van der Waals surface area (Å²) in [5.74, 6) is 0. The number of H-pyrrole nitrogens is 1. The van der Waals surface area contributed by atoms with E-state index in [1.165, 1.54) is 37.8 Å². The smallest absolute Gasteiger partial charge is 0.0518 e. The quantitative estimate of drug-likeness (QED) is 0.802. The fraction of sp³-hybridized carbons (Fsp3) is 0.769. The number of hydrogen-bond donors (Lipinski definition) is 2. The highest BCUT2D eigenvalue weighted by atomic mass is 15.1. The Balaban J connectivity index is 1.86. The van der Waals surface area contributed by atoms with Crippen LogP contribution in [0.5, 0.6) is 0 Å². The van der Waals surface area contributed by atoms with Crippen molar-refractivity contribution in [1.29, 1.82) is 0 Å². The molecule has 0 amide bonds. The van der Waals surface area contributed by atoms with Gasteiger partial charge < -0.3 is 5.32 Å². The van der Waals surface area contributed by atoms with E-state index in [4.69, 9.17) is 0 Å². The van der Waals surface area contributed by atoms with E-state index in [1.54, 1.807) is 0 Å². The Bertz CT molecular complexity index is 299. The highest BCUT2D eigenvalue weighted by Gasteiger charge is 2.31. The molecule has 1 fully saturated rings. The number of nitrogens with one attached hydrogen (secondary N) is 2. The Labute approximate surface area is 98.0 Å². The van der Waals surface area contributed by atoms with Gasteiger partial charge in [-0.25, -0.2) is 0 Å². The Morgan fingerprint density at radius 1 is 1.50 bits per heavy atom. The van der Waals surface area contributed by atoms with Crippen molar-refractivity contribution in [2.75, 3.05) is 6.54 Å². The first-order valence-corrected chi connectivity index (χ1v) is 6.48. The van der Waals surface area contributed by atoms with Gasteiger partial charge in [0.15, 0.2) is 0 Å². The first-order valence-electron chi connectivity index (χ1n) is 6.48. The molecule has 1 atom stereocenters. The Hall–Kier alpha value is -0.830. The van der Waals surface area contributed by atoms with Crippen molar-refractivity contribution in [2.24, 2.45) is 5.41 Å². The second-order valence-electron chi connectivity index (χ2n) is 5.18. The molecule has 16 heavy (non-hydrogen) atoms. The van der Waals surface area contributed by atoms with Crippen LogP contribution >= 0.6 is 0 Å². The minimum Gasteiger partial charge on any atom is -0.308 e. The molecule has 3 nitrogen and oxygen atoms in total.